The minimum Gasteiger partial charge on any atom is -0.462 e. The van der Waals surface area contributed by atoms with E-state index in [1.54, 1.807) is 0 Å². The summed E-state index contributed by atoms with van der Waals surface area (Å²) in [7, 11) is 0. The van der Waals surface area contributed by atoms with Crippen molar-refractivity contribution in [3.05, 3.63) is 48.6 Å². The predicted molar refractivity (Wildman–Crippen MR) is 247 cm³/mol. The lowest BCUT2D eigenvalue weighted by Gasteiger charge is -2.39. The van der Waals surface area contributed by atoms with Gasteiger partial charge in [-0.05, 0) is 70.6 Å². The van der Waals surface area contributed by atoms with Crippen molar-refractivity contribution in [3.8, 4) is 0 Å². The van der Waals surface area contributed by atoms with Crippen molar-refractivity contribution >= 4 is 11.9 Å². The zero-order valence-corrected chi connectivity index (χ0v) is 38.7. The van der Waals surface area contributed by atoms with Gasteiger partial charge in [-0.3, -0.25) is 9.59 Å². The number of esters is 2. The van der Waals surface area contributed by atoms with Crippen molar-refractivity contribution in [2.24, 2.45) is 0 Å². The molecule has 354 valence electrons. The second-order valence-corrected chi connectivity index (χ2v) is 16.9. The zero-order chi connectivity index (χ0) is 44.4. The third-order valence-corrected chi connectivity index (χ3v) is 11.2. The summed E-state index contributed by atoms with van der Waals surface area (Å²) in [5.74, 6) is -0.817. The Labute approximate surface area is 371 Å². The molecule has 1 rings (SSSR count). The van der Waals surface area contributed by atoms with Crippen LogP contribution in [0.5, 0.6) is 0 Å². The summed E-state index contributed by atoms with van der Waals surface area (Å²) in [5, 5.41) is 40.2. The summed E-state index contributed by atoms with van der Waals surface area (Å²) < 4.78 is 22.2. The molecule has 1 aliphatic heterocycles. The predicted octanol–water partition coefficient (Wildman–Crippen LogP) is 11.2. The molecule has 6 unspecified atom stereocenters. The van der Waals surface area contributed by atoms with Crippen molar-refractivity contribution in [3.63, 3.8) is 0 Å². The minimum absolute atomic E-state index is 0.218. The molecule has 0 amide bonds. The van der Waals surface area contributed by atoms with Gasteiger partial charge in [-0.2, -0.15) is 0 Å². The van der Waals surface area contributed by atoms with Crippen LogP contribution in [0.25, 0.3) is 0 Å². The van der Waals surface area contributed by atoms with E-state index in [9.17, 15) is 30.0 Å². The molecule has 6 atom stereocenters. The average molecular weight is 863 g/mol. The van der Waals surface area contributed by atoms with E-state index in [1.165, 1.54) is 103 Å². The van der Waals surface area contributed by atoms with Gasteiger partial charge in [0.15, 0.2) is 12.4 Å². The van der Waals surface area contributed by atoms with Gasteiger partial charge in [-0.1, -0.05) is 172 Å². The maximum atomic E-state index is 12.8. The Kier molecular flexibility index (Phi) is 38.7. The fourth-order valence-corrected chi connectivity index (χ4v) is 7.32. The average Bonchev–Trinajstić information content (AvgIpc) is 3.26. The van der Waals surface area contributed by atoms with Gasteiger partial charge in [0.1, 0.15) is 31.0 Å². The number of hydrogen-bond acceptors (Lipinski definition) is 10. The monoisotopic (exact) mass is 863 g/mol. The van der Waals surface area contributed by atoms with Crippen LogP contribution in [0.4, 0.5) is 0 Å². The van der Waals surface area contributed by atoms with Crippen molar-refractivity contribution < 1.29 is 49.0 Å². The van der Waals surface area contributed by atoms with Crippen molar-refractivity contribution in [2.75, 3.05) is 19.8 Å². The van der Waals surface area contributed by atoms with Gasteiger partial charge < -0.3 is 39.4 Å². The second kappa shape index (κ2) is 41.7. The van der Waals surface area contributed by atoms with Crippen LogP contribution in [0.2, 0.25) is 0 Å². The van der Waals surface area contributed by atoms with E-state index in [4.69, 9.17) is 18.9 Å². The SMILES string of the molecule is CC/C=C\C/C=C\C/C=C\CCCCCCCCCC(=O)OC(COC(=O)CCCCCCCCCCC/C=C\CCCCCCCC)COC1OC(CO)C(O)C(O)C1O. The molecule has 0 aromatic rings. The molecule has 1 saturated heterocycles. The van der Waals surface area contributed by atoms with Crippen LogP contribution in [0.1, 0.15) is 206 Å². The van der Waals surface area contributed by atoms with Crippen LogP contribution < -0.4 is 0 Å². The molecule has 1 fully saturated rings. The largest absolute Gasteiger partial charge is 0.462 e. The minimum atomic E-state index is -1.60. The fourth-order valence-electron chi connectivity index (χ4n) is 7.32. The molecule has 0 radical (unpaired) electrons. The van der Waals surface area contributed by atoms with E-state index in [2.05, 4.69) is 62.5 Å². The molecule has 10 heteroatoms. The van der Waals surface area contributed by atoms with E-state index < -0.39 is 49.4 Å². The number of unbranched alkanes of at least 4 members (excludes halogenated alkanes) is 22. The molecule has 4 N–H and O–H groups in total. The number of carbonyl (C=O) groups is 2. The maximum absolute atomic E-state index is 12.8. The lowest BCUT2D eigenvalue weighted by Crippen LogP contribution is -2.59. The van der Waals surface area contributed by atoms with Gasteiger partial charge in [0, 0.05) is 12.8 Å². The van der Waals surface area contributed by atoms with Crippen LogP contribution in [0.3, 0.4) is 0 Å². The van der Waals surface area contributed by atoms with Crippen molar-refractivity contribution in [1.29, 1.82) is 0 Å². The highest BCUT2D eigenvalue weighted by atomic mass is 16.7. The van der Waals surface area contributed by atoms with E-state index in [-0.39, 0.29) is 32.0 Å². The molecule has 61 heavy (non-hydrogen) atoms. The van der Waals surface area contributed by atoms with Gasteiger partial charge in [0.25, 0.3) is 0 Å². The van der Waals surface area contributed by atoms with Gasteiger partial charge in [-0.25, -0.2) is 0 Å². The number of rotatable bonds is 41. The number of allylic oxidation sites excluding steroid dienone is 8. The molecule has 0 aliphatic carbocycles. The maximum Gasteiger partial charge on any atom is 0.306 e. The molecule has 0 aromatic carbocycles. The van der Waals surface area contributed by atoms with Crippen molar-refractivity contribution in [1.82, 2.24) is 0 Å². The molecule has 0 bridgehead atoms. The third-order valence-electron chi connectivity index (χ3n) is 11.2. The molecule has 0 saturated carbocycles. The fraction of sp³-hybridized carbons (Fsp3) is 0.804. The molecule has 0 aromatic heterocycles. The van der Waals surface area contributed by atoms with E-state index in [1.807, 2.05) is 0 Å². The lowest BCUT2D eigenvalue weighted by atomic mass is 9.99. The number of ether oxygens (including phenoxy) is 4. The number of aliphatic hydroxyl groups excluding tert-OH is 4. The zero-order valence-electron chi connectivity index (χ0n) is 38.7. The first-order valence-corrected chi connectivity index (χ1v) is 24.7. The summed E-state index contributed by atoms with van der Waals surface area (Å²) in [6, 6.07) is 0. The number of carbonyl (C=O) groups excluding carboxylic acids is 2. The first-order valence-electron chi connectivity index (χ1n) is 24.7. The third kappa shape index (κ3) is 32.9. The summed E-state index contributed by atoms with van der Waals surface area (Å²) in [6.07, 6.45) is 42.5. The molecule has 10 nitrogen and oxygen atoms in total. The topological polar surface area (TPSA) is 152 Å². The van der Waals surface area contributed by atoms with Crippen LogP contribution in [-0.4, -0.2) is 89.0 Å². The number of hydrogen-bond donors (Lipinski definition) is 4. The Bertz CT molecular complexity index is 1130. The summed E-state index contributed by atoms with van der Waals surface area (Å²) in [6.45, 7) is 3.31. The Balaban J connectivity index is 2.28. The van der Waals surface area contributed by atoms with Gasteiger partial charge >= 0.3 is 11.9 Å². The number of aliphatic hydroxyl groups is 4. The van der Waals surface area contributed by atoms with E-state index >= 15 is 0 Å². The van der Waals surface area contributed by atoms with Crippen molar-refractivity contribution in [2.45, 2.75) is 243 Å². The van der Waals surface area contributed by atoms with Crippen LogP contribution in [0, 0.1) is 0 Å². The van der Waals surface area contributed by atoms with Crippen LogP contribution in [0.15, 0.2) is 48.6 Å². The Hall–Kier alpha value is -2.34. The van der Waals surface area contributed by atoms with Gasteiger partial charge in [0.05, 0.1) is 13.2 Å². The highest BCUT2D eigenvalue weighted by Gasteiger charge is 2.44. The quantitative estimate of drug-likeness (QED) is 0.0265. The highest BCUT2D eigenvalue weighted by molar-refractivity contribution is 5.70. The molecule has 1 heterocycles. The molecular weight excluding hydrogens is 773 g/mol. The first kappa shape index (κ1) is 56.7. The van der Waals surface area contributed by atoms with Crippen LogP contribution >= 0.6 is 0 Å². The standard InChI is InChI=1S/C51H90O10/c1-3-5-7-9-11-13-15-17-19-21-22-24-25-27-29-31-33-35-37-39-46(53)58-42-44(43-59-51-50(57)49(56)48(55)45(41-52)61-51)60-47(54)40-38-36-34-32-30-28-26-23-20-18-16-14-12-10-8-6-4-2/h6,8,12,14,17-20,44-45,48-52,55-57H,3-5,7,9-11,13,15-16,21-43H2,1-2H3/b8-6-,14-12-,19-17-,20-18-. The summed E-state index contributed by atoms with van der Waals surface area (Å²) in [5.41, 5.74) is 0. The Morgan fingerprint density at radius 2 is 0.967 bits per heavy atom. The van der Waals surface area contributed by atoms with Crippen LogP contribution in [-0.2, 0) is 28.5 Å². The summed E-state index contributed by atoms with van der Waals surface area (Å²) >= 11 is 0. The summed E-state index contributed by atoms with van der Waals surface area (Å²) in [4.78, 5) is 25.4. The smallest absolute Gasteiger partial charge is 0.306 e. The van der Waals surface area contributed by atoms with Gasteiger partial charge in [-0.15, -0.1) is 0 Å². The van der Waals surface area contributed by atoms with E-state index in [0.717, 1.165) is 70.6 Å². The lowest BCUT2D eigenvalue weighted by molar-refractivity contribution is -0.305. The first-order chi connectivity index (χ1) is 29.8. The Morgan fingerprint density at radius 3 is 1.48 bits per heavy atom. The molecule has 1 aliphatic rings. The second-order valence-electron chi connectivity index (χ2n) is 16.9. The molecule has 0 spiro atoms. The van der Waals surface area contributed by atoms with E-state index in [0.29, 0.717) is 6.42 Å². The normalized spacial score (nSPS) is 20.1. The van der Waals surface area contributed by atoms with Gasteiger partial charge in [0.2, 0.25) is 0 Å². The molecular formula is C51H90O10. The Morgan fingerprint density at radius 1 is 0.525 bits per heavy atom. The highest BCUT2D eigenvalue weighted by Crippen LogP contribution is 2.23.